The second kappa shape index (κ2) is 8.05. The number of hydrogen-bond donors (Lipinski definition) is 2. The standard InChI is InChI=1S/C17H19N3O4/c1-2-10-20-15(21)9-8-13(19-20)17(24)18-14(11-16(22)23)12-6-4-3-5-7-12/h3-9,14H,2,10-11H2,1H3,(H,18,24)(H,22,23)/t14-/m1/s1. The van der Waals surface area contributed by atoms with Crippen molar-refractivity contribution < 1.29 is 14.7 Å². The number of carbonyl (C=O) groups excluding carboxylic acids is 1. The van der Waals surface area contributed by atoms with Gasteiger partial charge in [-0.3, -0.25) is 14.4 Å². The van der Waals surface area contributed by atoms with Gasteiger partial charge in [0.05, 0.1) is 12.5 Å². The average Bonchev–Trinajstić information content (AvgIpc) is 2.56. The van der Waals surface area contributed by atoms with Crippen LogP contribution in [0.4, 0.5) is 0 Å². The molecule has 1 aromatic carbocycles. The normalized spacial score (nSPS) is 11.7. The molecule has 1 aromatic heterocycles. The first-order valence-corrected chi connectivity index (χ1v) is 7.67. The number of amides is 1. The fraction of sp³-hybridized carbons (Fsp3) is 0.294. The van der Waals surface area contributed by atoms with Crippen LogP contribution in [0.3, 0.4) is 0 Å². The quantitative estimate of drug-likeness (QED) is 0.803. The van der Waals surface area contributed by atoms with Crippen LogP contribution in [0.25, 0.3) is 0 Å². The van der Waals surface area contributed by atoms with Crippen molar-refractivity contribution in [1.82, 2.24) is 15.1 Å². The van der Waals surface area contributed by atoms with Crippen LogP contribution in [-0.4, -0.2) is 26.8 Å². The predicted molar refractivity (Wildman–Crippen MR) is 87.7 cm³/mol. The maximum atomic E-state index is 12.4. The number of benzene rings is 1. The fourth-order valence-corrected chi connectivity index (χ4v) is 2.29. The van der Waals surface area contributed by atoms with Gasteiger partial charge < -0.3 is 10.4 Å². The van der Waals surface area contributed by atoms with E-state index in [2.05, 4.69) is 10.4 Å². The van der Waals surface area contributed by atoms with Gasteiger partial charge in [-0.15, -0.1) is 0 Å². The summed E-state index contributed by atoms with van der Waals surface area (Å²) >= 11 is 0. The Labute approximate surface area is 138 Å². The maximum Gasteiger partial charge on any atom is 0.305 e. The number of aliphatic carboxylic acids is 1. The SMILES string of the molecule is CCCn1nc(C(=O)N[C@H](CC(=O)O)c2ccccc2)ccc1=O. The Bertz CT molecular complexity index is 771. The first-order valence-electron chi connectivity index (χ1n) is 7.67. The van der Waals surface area contributed by atoms with Crippen LogP contribution in [0.2, 0.25) is 0 Å². The molecule has 0 spiro atoms. The maximum absolute atomic E-state index is 12.4. The Balaban J connectivity index is 2.23. The summed E-state index contributed by atoms with van der Waals surface area (Å²) in [7, 11) is 0. The highest BCUT2D eigenvalue weighted by Crippen LogP contribution is 2.17. The summed E-state index contributed by atoms with van der Waals surface area (Å²) in [5.74, 6) is -1.54. The van der Waals surface area contributed by atoms with Gasteiger partial charge in [0.2, 0.25) is 0 Å². The summed E-state index contributed by atoms with van der Waals surface area (Å²) in [4.78, 5) is 35.1. The number of rotatable bonds is 7. The monoisotopic (exact) mass is 329 g/mol. The van der Waals surface area contributed by atoms with Gasteiger partial charge in [0.25, 0.3) is 11.5 Å². The van der Waals surface area contributed by atoms with Gasteiger partial charge in [-0.1, -0.05) is 37.3 Å². The summed E-state index contributed by atoms with van der Waals surface area (Å²) in [6.07, 6.45) is 0.466. The lowest BCUT2D eigenvalue weighted by molar-refractivity contribution is -0.137. The molecule has 0 aliphatic rings. The fourth-order valence-electron chi connectivity index (χ4n) is 2.29. The number of nitrogens with zero attached hydrogens (tertiary/aromatic N) is 2. The van der Waals surface area contributed by atoms with Crippen LogP contribution >= 0.6 is 0 Å². The molecule has 1 atom stereocenters. The molecule has 0 unspecified atom stereocenters. The molecule has 2 aromatic rings. The molecule has 0 radical (unpaired) electrons. The number of carboxylic acids is 1. The molecule has 0 fully saturated rings. The summed E-state index contributed by atoms with van der Waals surface area (Å²) in [6, 6.07) is 10.8. The van der Waals surface area contributed by atoms with Gasteiger partial charge in [0, 0.05) is 12.6 Å². The second-order valence-electron chi connectivity index (χ2n) is 5.31. The van der Waals surface area contributed by atoms with Crippen LogP contribution in [0.1, 0.15) is 41.9 Å². The van der Waals surface area contributed by atoms with E-state index >= 15 is 0 Å². The van der Waals surface area contributed by atoms with E-state index in [9.17, 15) is 14.4 Å². The zero-order valence-corrected chi connectivity index (χ0v) is 13.3. The van der Waals surface area contributed by atoms with Gasteiger partial charge in [-0.25, -0.2) is 4.68 Å². The molecule has 0 saturated heterocycles. The minimum atomic E-state index is -1.02. The molecule has 24 heavy (non-hydrogen) atoms. The highest BCUT2D eigenvalue weighted by Gasteiger charge is 2.20. The zero-order valence-electron chi connectivity index (χ0n) is 13.3. The predicted octanol–water partition coefficient (Wildman–Crippen LogP) is 1.60. The smallest absolute Gasteiger partial charge is 0.305 e. The molecule has 2 N–H and O–H groups in total. The minimum absolute atomic E-state index is 0.0781. The van der Waals surface area contributed by atoms with E-state index in [0.717, 1.165) is 0 Å². The van der Waals surface area contributed by atoms with Crippen molar-refractivity contribution in [2.75, 3.05) is 0 Å². The summed E-state index contributed by atoms with van der Waals surface area (Å²) < 4.78 is 1.23. The van der Waals surface area contributed by atoms with Crippen LogP contribution < -0.4 is 10.9 Å². The highest BCUT2D eigenvalue weighted by molar-refractivity contribution is 5.92. The zero-order chi connectivity index (χ0) is 17.5. The van der Waals surface area contributed by atoms with E-state index in [1.807, 2.05) is 13.0 Å². The van der Waals surface area contributed by atoms with E-state index in [-0.39, 0.29) is 17.7 Å². The second-order valence-corrected chi connectivity index (χ2v) is 5.31. The van der Waals surface area contributed by atoms with Gasteiger partial charge in [-0.2, -0.15) is 5.10 Å². The van der Waals surface area contributed by atoms with Gasteiger partial charge in [-0.05, 0) is 18.1 Å². The lowest BCUT2D eigenvalue weighted by Gasteiger charge is -2.17. The van der Waals surface area contributed by atoms with Crippen molar-refractivity contribution >= 4 is 11.9 Å². The van der Waals surface area contributed by atoms with E-state index in [1.165, 1.54) is 16.8 Å². The molecule has 0 aliphatic carbocycles. The van der Waals surface area contributed by atoms with Crippen LogP contribution in [0.5, 0.6) is 0 Å². The molecular weight excluding hydrogens is 310 g/mol. The Morgan fingerprint density at radius 1 is 1.21 bits per heavy atom. The van der Waals surface area contributed by atoms with Crippen LogP contribution in [0.15, 0.2) is 47.3 Å². The third-order valence-corrected chi connectivity index (χ3v) is 3.42. The molecule has 2 rings (SSSR count). The molecule has 126 valence electrons. The number of nitrogens with one attached hydrogen (secondary N) is 1. The minimum Gasteiger partial charge on any atom is -0.481 e. The molecule has 0 saturated carbocycles. The third kappa shape index (κ3) is 4.52. The van der Waals surface area contributed by atoms with Crippen molar-refractivity contribution in [1.29, 1.82) is 0 Å². The highest BCUT2D eigenvalue weighted by atomic mass is 16.4. The largest absolute Gasteiger partial charge is 0.481 e. The Morgan fingerprint density at radius 2 is 1.92 bits per heavy atom. The van der Waals surface area contributed by atoms with Gasteiger partial charge in [0.1, 0.15) is 5.69 Å². The molecule has 7 heteroatoms. The van der Waals surface area contributed by atoms with Crippen LogP contribution in [0, 0.1) is 0 Å². The van der Waals surface area contributed by atoms with Crippen molar-refractivity contribution in [3.8, 4) is 0 Å². The number of carboxylic acid groups (broad SMARTS) is 1. The van der Waals surface area contributed by atoms with E-state index in [1.54, 1.807) is 24.3 Å². The van der Waals surface area contributed by atoms with Crippen molar-refractivity contribution in [2.24, 2.45) is 0 Å². The Hall–Kier alpha value is -2.96. The molecular formula is C17H19N3O4. The number of aryl methyl sites for hydroxylation is 1. The van der Waals surface area contributed by atoms with E-state index < -0.39 is 17.9 Å². The number of aromatic nitrogens is 2. The third-order valence-electron chi connectivity index (χ3n) is 3.42. The topological polar surface area (TPSA) is 101 Å². The lowest BCUT2D eigenvalue weighted by atomic mass is 10.0. The van der Waals surface area contributed by atoms with Crippen molar-refractivity contribution in [2.45, 2.75) is 32.4 Å². The molecule has 1 heterocycles. The van der Waals surface area contributed by atoms with E-state index in [0.29, 0.717) is 18.5 Å². The molecule has 0 bridgehead atoms. The number of hydrogen-bond acceptors (Lipinski definition) is 4. The van der Waals surface area contributed by atoms with Gasteiger partial charge in [0.15, 0.2) is 0 Å². The summed E-state index contributed by atoms with van der Waals surface area (Å²) in [5.41, 5.74) is 0.489. The van der Waals surface area contributed by atoms with Crippen LogP contribution in [-0.2, 0) is 11.3 Å². The van der Waals surface area contributed by atoms with E-state index in [4.69, 9.17) is 5.11 Å². The number of carbonyl (C=O) groups is 2. The summed E-state index contributed by atoms with van der Waals surface area (Å²) in [6.45, 7) is 2.32. The molecule has 1 amide bonds. The summed E-state index contributed by atoms with van der Waals surface area (Å²) in [5, 5.41) is 15.8. The van der Waals surface area contributed by atoms with Gasteiger partial charge >= 0.3 is 5.97 Å². The molecule has 7 nitrogen and oxygen atoms in total. The molecule has 0 aliphatic heterocycles. The first kappa shape index (κ1) is 17.4. The lowest BCUT2D eigenvalue weighted by Crippen LogP contribution is -2.33. The Morgan fingerprint density at radius 3 is 2.54 bits per heavy atom. The first-order chi connectivity index (χ1) is 11.5. The van der Waals surface area contributed by atoms with Crippen molar-refractivity contribution in [3.63, 3.8) is 0 Å². The van der Waals surface area contributed by atoms with Crippen molar-refractivity contribution in [3.05, 3.63) is 64.1 Å². The average molecular weight is 329 g/mol. The Kier molecular flexibility index (Phi) is 5.83.